The Morgan fingerprint density at radius 1 is 1.21 bits per heavy atom. The number of nitrogens with zero attached hydrogens (tertiary/aromatic N) is 2. The summed E-state index contributed by atoms with van der Waals surface area (Å²) >= 11 is 0. The first-order valence-corrected chi connectivity index (χ1v) is 5.85. The van der Waals surface area contributed by atoms with E-state index in [9.17, 15) is 4.79 Å². The Labute approximate surface area is 86.1 Å². The molecule has 2 aliphatic heterocycles. The third-order valence-electron chi connectivity index (χ3n) is 3.49. The van der Waals surface area contributed by atoms with Gasteiger partial charge in [0, 0.05) is 26.2 Å². The number of piperidine rings is 1. The van der Waals surface area contributed by atoms with Gasteiger partial charge in [0.25, 0.3) is 0 Å². The summed E-state index contributed by atoms with van der Waals surface area (Å²) in [6.45, 7) is 6.15. The smallest absolute Gasteiger partial charge is 0.320 e. The van der Waals surface area contributed by atoms with E-state index in [1.165, 1.54) is 25.7 Å². The largest absolute Gasteiger partial charge is 0.325 e. The number of carbonyl (C=O) groups is 1. The number of urea groups is 1. The molecule has 0 spiro atoms. The molecule has 1 unspecified atom stereocenters. The van der Waals surface area contributed by atoms with Crippen molar-refractivity contribution in [3.8, 4) is 0 Å². The molecule has 2 rings (SSSR count). The van der Waals surface area contributed by atoms with Gasteiger partial charge in [0.2, 0.25) is 0 Å². The molecule has 2 amide bonds. The monoisotopic (exact) mass is 196 g/mol. The minimum absolute atomic E-state index is 0.286. The molecule has 2 heterocycles. The van der Waals surface area contributed by atoms with Gasteiger partial charge in [-0.25, -0.2) is 4.79 Å². The number of carbonyl (C=O) groups excluding carboxylic acids is 1. The summed E-state index contributed by atoms with van der Waals surface area (Å²) < 4.78 is 0. The van der Waals surface area contributed by atoms with Gasteiger partial charge in [0.05, 0.1) is 0 Å². The van der Waals surface area contributed by atoms with E-state index in [0.717, 1.165) is 32.1 Å². The summed E-state index contributed by atoms with van der Waals surface area (Å²) in [7, 11) is 0. The Morgan fingerprint density at radius 2 is 1.93 bits per heavy atom. The van der Waals surface area contributed by atoms with Gasteiger partial charge in [0.1, 0.15) is 0 Å². The van der Waals surface area contributed by atoms with Crippen LogP contribution in [0.3, 0.4) is 0 Å². The zero-order valence-electron chi connectivity index (χ0n) is 9.04. The molecule has 0 aromatic carbocycles. The van der Waals surface area contributed by atoms with Crippen molar-refractivity contribution in [1.82, 2.24) is 9.80 Å². The number of hydrogen-bond acceptors (Lipinski definition) is 1. The first-order valence-electron chi connectivity index (χ1n) is 5.85. The zero-order valence-corrected chi connectivity index (χ0v) is 9.04. The second-order valence-electron chi connectivity index (χ2n) is 4.49. The van der Waals surface area contributed by atoms with Crippen LogP contribution in [0.15, 0.2) is 0 Å². The molecule has 0 aromatic heterocycles. The van der Waals surface area contributed by atoms with Crippen LogP contribution < -0.4 is 0 Å². The lowest BCUT2D eigenvalue weighted by Gasteiger charge is -2.39. The van der Waals surface area contributed by atoms with Crippen LogP contribution in [-0.4, -0.2) is 42.0 Å². The molecule has 14 heavy (non-hydrogen) atoms. The highest BCUT2D eigenvalue weighted by atomic mass is 16.2. The molecule has 0 saturated carbocycles. The van der Waals surface area contributed by atoms with Crippen LogP contribution in [0.25, 0.3) is 0 Å². The minimum atomic E-state index is 0.286. The molecule has 0 N–H and O–H groups in total. The number of rotatable bonds is 1. The summed E-state index contributed by atoms with van der Waals surface area (Å²) in [5.41, 5.74) is 0. The molecule has 2 fully saturated rings. The van der Waals surface area contributed by atoms with Gasteiger partial charge in [-0.05, 0) is 25.2 Å². The normalized spacial score (nSPS) is 27.4. The van der Waals surface area contributed by atoms with Gasteiger partial charge < -0.3 is 9.80 Å². The fourth-order valence-electron chi connectivity index (χ4n) is 2.28. The molecule has 0 aliphatic carbocycles. The van der Waals surface area contributed by atoms with E-state index in [-0.39, 0.29) is 6.03 Å². The van der Waals surface area contributed by atoms with E-state index in [4.69, 9.17) is 0 Å². The standard InChI is InChI=1S/C11H20N2O/c1-2-10-5-3-6-13(9-10)11(14)12-7-4-8-12/h10H,2-9H2,1H3. The highest BCUT2D eigenvalue weighted by molar-refractivity contribution is 5.75. The van der Waals surface area contributed by atoms with Gasteiger partial charge >= 0.3 is 6.03 Å². The van der Waals surface area contributed by atoms with E-state index in [1.54, 1.807) is 0 Å². The second kappa shape index (κ2) is 4.20. The molecule has 80 valence electrons. The third-order valence-corrected chi connectivity index (χ3v) is 3.49. The number of hydrogen-bond donors (Lipinski definition) is 0. The lowest BCUT2D eigenvalue weighted by Crippen LogP contribution is -2.52. The molecule has 3 heteroatoms. The molecule has 0 bridgehead atoms. The molecule has 2 saturated heterocycles. The Balaban J connectivity index is 1.86. The van der Waals surface area contributed by atoms with Crippen LogP contribution in [0, 0.1) is 5.92 Å². The fraction of sp³-hybridized carbons (Fsp3) is 0.909. The molecular weight excluding hydrogens is 176 g/mol. The van der Waals surface area contributed by atoms with Crippen LogP contribution in [0.4, 0.5) is 4.79 Å². The van der Waals surface area contributed by atoms with Crippen LogP contribution in [0.1, 0.15) is 32.6 Å². The van der Waals surface area contributed by atoms with Crippen molar-refractivity contribution in [2.75, 3.05) is 26.2 Å². The second-order valence-corrected chi connectivity index (χ2v) is 4.49. The molecular formula is C11H20N2O. The van der Waals surface area contributed by atoms with Crippen molar-refractivity contribution >= 4 is 6.03 Å². The molecule has 3 nitrogen and oxygen atoms in total. The zero-order chi connectivity index (χ0) is 9.97. The predicted molar refractivity (Wildman–Crippen MR) is 56.2 cm³/mol. The summed E-state index contributed by atoms with van der Waals surface area (Å²) in [6.07, 6.45) is 4.90. The topological polar surface area (TPSA) is 23.6 Å². The van der Waals surface area contributed by atoms with Gasteiger partial charge in [0.15, 0.2) is 0 Å². The first-order chi connectivity index (χ1) is 6.81. The van der Waals surface area contributed by atoms with Gasteiger partial charge in [-0.3, -0.25) is 0 Å². The highest BCUT2D eigenvalue weighted by Gasteiger charge is 2.28. The molecule has 0 aromatic rings. The van der Waals surface area contributed by atoms with Gasteiger partial charge in [-0.1, -0.05) is 13.3 Å². The summed E-state index contributed by atoms with van der Waals surface area (Å²) in [5, 5.41) is 0. The Bertz CT molecular complexity index is 213. The maximum atomic E-state index is 11.9. The Hall–Kier alpha value is -0.730. The van der Waals surface area contributed by atoms with Crippen molar-refractivity contribution in [2.24, 2.45) is 5.92 Å². The lowest BCUT2D eigenvalue weighted by atomic mass is 9.96. The quantitative estimate of drug-likeness (QED) is 0.628. The van der Waals surface area contributed by atoms with Crippen molar-refractivity contribution in [3.05, 3.63) is 0 Å². The SMILES string of the molecule is CCC1CCCN(C(=O)N2CCC2)C1. The molecule has 2 aliphatic rings. The van der Waals surface area contributed by atoms with E-state index in [2.05, 4.69) is 11.8 Å². The van der Waals surface area contributed by atoms with Crippen molar-refractivity contribution in [3.63, 3.8) is 0 Å². The average molecular weight is 196 g/mol. The number of likely N-dealkylation sites (tertiary alicyclic amines) is 2. The third kappa shape index (κ3) is 1.86. The fourth-order valence-corrected chi connectivity index (χ4v) is 2.28. The lowest BCUT2D eigenvalue weighted by molar-refractivity contribution is 0.106. The number of amides is 2. The van der Waals surface area contributed by atoms with Crippen LogP contribution in [0.5, 0.6) is 0 Å². The van der Waals surface area contributed by atoms with Crippen molar-refractivity contribution in [2.45, 2.75) is 32.6 Å². The molecule has 1 atom stereocenters. The van der Waals surface area contributed by atoms with Gasteiger partial charge in [-0.15, -0.1) is 0 Å². The highest BCUT2D eigenvalue weighted by Crippen LogP contribution is 2.21. The first kappa shape index (κ1) is 9.81. The van der Waals surface area contributed by atoms with Crippen molar-refractivity contribution in [1.29, 1.82) is 0 Å². The van der Waals surface area contributed by atoms with Crippen molar-refractivity contribution < 1.29 is 4.79 Å². The Morgan fingerprint density at radius 3 is 2.50 bits per heavy atom. The maximum absolute atomic E-state index is 11.9. The summed E-state index contributed by atoms with van der Waals surface area (Å²) in [4.78, 5) is 15.9. The van der Waals surface area contributed by atoms with E-state index in [0.29, 0.717) is 0 Å². The molecule has 0 radical (unpaired) electrons. The van der Waals surface area contributed by atoms with E-state index < -0.39 is 0 Å². The van der Waals surface area contributed by atoms with Crippen LogP contribution >= 0.6 is 0 Å². The Kier molecular flexibility index (Phi) is 2.94. The summed E-state index contributed by atoms with van der Waals surface area (Å²) in [5.74, 6) is 0.744. The maximum Gasteiger partial charge on any atom is 0.320 e. The van der Waals surface area contributed by atoms with Crippen LogP contribution in [0.2, 0.25) is 0 Å². The van der Waals surface area contributed by atoms with E-state index >= 15 is 0 Å². The van der Waals surface area contributed by atoms with E-state index in [1.807, 2.05) is 4.90 Å². The minimum Gasteiger partial charge on any atom is -0.325 e. The summed E-state index contributed by atoms with van der Waals surface area (Å²) in [6, 6.07) is 0.286. The predicted octanol–water partition coefficient (Wildman–Crippen LogP) is 1.93. The van der Waals surface area contributed by atoms with Gasteiger partial charge in [-0.2, -0.15) is 0 Å². The average Bonchev–Trinajstić information content (AvgIpc) is 2.15. The van der Waals surface area contributed by atoms with Crippen LogP contribution in [-0.2, 0) is 0 Å².